The highest BCUT2D eigenvalue weighted by Gasteiger charge is 2.56. The van der Waals surface area contributed by atoms with E-state index in [1.54, 1.807) is 18.5 Å². The number of carbonyl (C=O) groups is 1. The number of H-pyrrole nitrogens is 1. The first-order valence-corrected chi connectivity index (χ1v) is 11.9. The molecule has 35 heavy (non-hydrogen) atoms. The first-order valence-electron chi connectivity index (χ1n) is 11.9. The summed E-state index contributed by atoms with van der Waals surface area (Å²) in [7, 11) is 0. The number of aromatic amines is 1. The lowest BCUT2D eigenvalue weighted by molar-refractivity contribution is -0.131. The van der Waals surface area contributed by atoms with Crippen LogP contribution in [0.3, 0.4) is 0 Å². The lowest BCUT2D eigenvalue weighted by Gasteiger charge is -2.51. The Labute approximate surface area is 202 Å². The molecule has 174 valence electrons. The van der Waals surface area contributed by atoms with E-state index >= 15 is 0 Å². The Kier molecular flexibility index (Phi) is 4.82. The zero-order valence-electron chi connectivity index (χ0n) is 19.5. The Morgan fingerprint density at radius 3 is 2.74 bits per heavy atom. The smallest absolute Gasteiger partial charge is 0.153 e. The third kappa shape index (κ3) is 3.13. The Morgan fingerprint density at radius 1 is 1.17 bits per heavy atom. The number of ketones is 1. The fourth-order valence-corrected chi connectivity index (χ4v) is 6.43. The molecule has 0 bridgehead atoms. The van der Waals surface area contributed by atoms with Crippen LogP contribution in [0.25, 0.3) is 22.3 Å². The second kappa shape index (κ2) is 7.81. The summed E-state index contributed by atoms with van der Waals surface area (Å²) in [5.74, 6) is -0.765. The molecule has 7 heteroatoms. The van der Waals surface area contributed by atoms with Crippen LogP contribution in [0.4, 0.5) is 4.39 Å². The van der Waals surface area contributed by atoms with Crippen molar-refractivity contribution in [3.63, 3.8) is 0 Å². The molecule has 0 saturated heterocycles. The van der Waals surface area contributed by atoms with Crippen molar-refractivity contribution in [2.24, 2.45) is 17.8 Å². The van der Waals surface area contributed by atoms with E-state index in [1.165, 1.54) is 12.1 Å². The van der Waals surface area contributed by atoms with Gasteiger partial charge in [-0.15, -0.1) is 0 Å². The summed E-state index contributed by atoms with van der Waals surface area (Å²) in [6.45, 7) is 3.81. The molecule has 0 amide bonds. The number of rotatable bonds is 2. The molecular formula is C28H24FN5O. The number of hydrogen-bond donors (Lipinski definition) is 1. The fraction of sp³-hybridized carbons (Fsp3) is 0.321. The number of benzene rings is 2. The van der Waals surface area contributed by atoms with Crippen molar-refractivity contribution < 1.29 is 9.18 Å². The second-order valence-corrected chi connectivity index (χ2v) is 9.78. The Morgan fingerprint density at radius 2 is 1.97 bits per heavy atom. The molecule has 1 N–H and O–H groups in total. The normalized spacial score (nSPS) is 25.7. The van der Waals surface area contributed by atoms with Crippen molar-refractivity contribution in [3.8, 4) is 17.3 Å². The summed E-state index contributed by atoms with van der Waals surface area (Å²) >= 11 is 0. The Balaban J connectivity index is 1.64. The molecule has 0 aliphatic heterocycles. The molecule has 0 radical (unpaired) electrons. The van der Waals surface area contributed by atoms with Gasteiger partial charge in [0.05, 0.1) is 34.8 Å². The summed E-state index contributed by atoms with van der Waals surface area (Å²) in [4.78, 5) is 30.4. The van der Waals surface area contributed by atoms with Gasteiger partial charge in [-0.1, -0.05) is 25.1 Å². The van der Waals surface area contributed by atoms with Gasteiger partial charge >= 0.3 is 0 Å². The number of aryl methyl sites for hydroxylation is 1. The second-order valence-electron chi connectivity index (χ2n) is 9.78. The number of fused-ring (bicyclic) bond motifs is 4. The van der Waals surface area contributed by atoms with E-state index in [9.17, 15) is 14.4 Å². The average molecular weight is 466 g/mol. The van der Waals surface area contributed by atoms with E-state index in [-0.39, 0.29) is 23.4 Å². The third-order valence-corrected chi connectivity index (χ3v) is 8.01. The summed E-state index contributed by atoms with van der Waals surface area (Å²) in [5, 5.41) is 9.92. The maximum Gasteiger partial charge on any atom is 0.153 e. The molecule has 1 saturated carbocycles. The molecular weight excluding hydrogens is 441 g/mol. The minimum Gasteiger partial charge on any atom is -0.345 e. The highest BCUT2D eigenvalue weighted by atomic mass is 19.1. The lowest BCUT2D eigenvalue weighted by Crippen LogP contribution is -2.53. The number of nitrogens with one attached hydrogen (secondary N) is 1. The fourth-order valence-electron chi connectivity index (χ4n) is 6.43. The summed E-state index contributed by atoms with van der Waals surface area (Å²) in [6.07, 6.45) is 3.51. The quantitative estimate of drug-likeness (QED) is 0.446. The average Bonchev–Trinajstić information content (AvgIpc) is 3.34. The van der Waals surface area contributed by atoms with Gasteiger partial charge in [0.2, 0.25) is 0 Å². The number of carbonyl (C=O) groups excluding carboxylic acids is 1. The first kappa shape index (κ1) is 21.6. The number of aromatic nitrogens is 4. The monoisotopic (exact) mass is 465 g/mol. The number of nitriles is 1. The molecule has 4 atom stereocenters. The van der Waals surface area contributed by atoms with Crippen LogP contribution in [0.5, 0.6) is 0 Å². The van der Waals surface area contributed by atoms with E-state index < -0.39 is 11.3 Å². The highest BCUT2D eigenvalue weighted by molar-refractivity contribution is 5.88. The van der Waals surface area contributed by atoms with Gasteiger partial charge in [-0.2, -0.15) is 5.26 Å². The first-order chi connectivity index (χ1) is 16.9. The highest BCUT2D eigenvalue weighted by Crippen LogP contribution is 2.56. The standard InChI is InChI=1S/C28H24FN5O/c1-15-22-9-8-21-25(17-3-10-23-24(11-17)32-14-31-23)33-16(2)34-27(21)28(22,12-18(13-30)26(15)35)19-4-6-20(29)7-5-19/h3-7,10-11,14-15,18,22H,8-9,12H2,1-2H3,(H,31,32)/t15-,18?,22-,28-/m0/s1. The number of nitrogens with zero attached hydrogens (tertiary/aromatic N) is 4. The zero-order chi connectivity index (χ0) is 24.3. The number of halogens is 1. The molecule has 1 unspecified atom stereocenters. The van der Waals surface area contributed by atoms with Gasteiger partial charge in [0.1, 0.15) is 17.6 Å². The van der Waals surface area contributed by atoms with E-state index in [1.807, 2.05) is 32.0 Å². The van der Waals surface area contributed by atoms with E-state index in [0.29, 0.717) is 12.2 Å². The third-order valence-electron chi connectivity index (χ3n) is 8.01. The largest absolute Gasteiger partial charge is 0.345 e. The summed E-state index contributed by atoms with van der Waals surface area (Å²) in [6, 6.07) is 14.8. The van der Waals surface area contributed by atoms with Crippen molar-refractivity contribution in [1.29, 1.82) is 5.26 Å². The van der Waals surface area contributed by atoms with E-state index in [4.69, 9.17) is 9.97 Å². The molecule has 2 heterocycles. The van der Waals surface area contributed by atoms with Crippen molar-refractivity contribution in [3.05, 3.63) is 77.3 Å². The number of hydrogen-bond acceptors (Lipinski definition) is 5. The molecule has 2 aromatic carbocycles. The predicted octanol–water partition coefficient (Wildman–Crippen LogP) is 5.06. The molecule has 4 aromatic rings. The topological polar surface area (TPSA) is 95.3 Å². The van der Waals surface area contributed by atoms with Crippen molar-refractivity contribution in [2.45, 2.75) is 38.5 Å². The number of Topliss-reactive ketones (excluding diaryl/α,β-unsaturated/α-hetero) is 1. The molecule has 6 rings (SSSR count). The SMILES string of the molecule is Cc1nc(-c2ccc3nc[nH]c3c2)c2c(n1)[C@]1(c3ccc(F)cc3)CC(C#N)C(=O)[C@@H](C)[C@@H]1CC2. The molecule has 6 nitrogen and oxygen atoms in total. The van der Waals surface area contributed by atoms with Crippen LogP contribution in [0.15, 0.2) is 48.8 Å². The Hall–Kier alpha value is -3.92. The maximum absolute atomic E-state index is 14.0. The molecule has 2 aliphatic carbocycles. The Bertz CT molecular complexity index is 1520. The van der Waals surface area contributed by atoms with Gasteiger partial charge in [-0.05, 0) is 61.9 Å². The summed E-state index contributed by atoms with van der Waals surface area (Å²) in [5.41, 5.74) is 5.77. The van der Waals surface area contributed by atoms with Crippen LogP contribution in [0, 0.1) is 41.8 Å². The summed E-state index contributed by atoms with van der Waals surface area (Å²) < 4.78 is 14.0. The van der Waals surface area contributed by atoms with Crippen LogP contribution in [0.2, 0.25) is 0 Å². The van der Waals surface area contributed by atoms with Gasteiger partial charge in [0.25, 0.3) is 0 Å². The zero-order valence-corrected chi connectivity index (χ0v) is 19.5. The molecule has 1 fully saturated rings. The van der Waals surface area contributed by atoms with E-state index in [2.05, 4.69) is 16.0 Å². The van der Waals surface area contributed by atoms with Crippen molar-refractivity contribution in [1.82, 2.24) is 19.9 Å². The van der Waals surface area contributed by atoms with Crippen LogP contribution < -0.4 is 0 Å². The molecule has 0 spiro atoms. The minimum absolute atomic E-state index is 0.00520. The van der Waals surface area contributed by atoms with Gasteiger partial charge in [-0.25, -0.2) is 19.3 Å². The van der Waals surface area contributed by atoms with Gasteiger partial charge in [0.15, 0.2) is 5.78 Å². The van der Waals surface area contributed by atoms with E-state index in [0.717, 1.165) is 52.0 Å². The van der Waals surface area contributed by atoms with Gasteiger partial charge in [-0.3, -0.25) is 4.79 Å². The lowest BCUT2D eigenvalue weighted by atomic mass is 9.50. The van der Waals surface area contributed by atoms with Crippen LogP contribution in [-0.4, -0.2) is 25.7 Å². The van der Waals surface area contributed by atoms with Gasteiger partial charge < -0.3 is 4.98 Å². The minimum atomic E-state index is -0.739. The molecule has 2 aromatic heterocycles. The van der Waals surface area contributed by atoms with Crippen molar-refractivity contribution in [2.75, 3.05) is 0 Å². The maximum atomic E-state index is 14.0. The van der Waals surface area contributed by atoms with Crippen LogP contribution >= 0.6 is 0 Å². The van der Waals surface area contributed by atoms with Crippen LogP contribution in [0.1, 0.15) is 42.4 Å². The van der Waals surface area contributed by atoms with Crippen molar-refractivity contribution >= 4 is 16.8 Å². The van der Waals surface area contributed by atoms with Crippen LogP contribution in [-0.2, 0) is 16.6 Å². The number of imidazole rings is 1. The van der Waals surface area contributed by atoms with Gasteiger partial charge in [0, 0.05) is 22.5 Å². The molecule has 2 aliphatic rings. The predicted molar refractivity (Wildman–Crippen MR) is 129 cm³/mol.